The summed E-state index contributed by atoms with van der Waals surface area (Å²) >= 11 is 0. The summed E-state index contributed by atoms with van der Waals surface area (Å²) in [5.41, 5.74) is 2.47. The second-order valence-electron chi connectivity index (χ2n) is 8.09. The average molecular weight is 447 g/mol. The molecule has 0 bridgehead atoms. The van der Waals surface area contributed by atoms with E-state index in [0.717, 1.165) is 23.1 Å². The van der Waals surface area contributed by atoms with Crippen LogP contribution in [0, 0.1) is 20.8 Å². The molecule has 7 nitrogen and oxygen atoms in total. The van der Waals surface area contributed by atoms with E-state index in [4.69, 9.17) is 13.3 Å². The van der Waals surface area contributed by atoms with Gasteiger partial charge in [0.2, 0.25) is 10.0 Å². The van der Waals surface area contributed by atoms with Crippen molar-refractivity contribution in [1.29, 1.82) is 0 Å². The molecule has 0 aliphatic carbocycles. The summed E-state index contributed by atoms with van der Waals surface area (Å²) in [6.07, 6.45) is 1.51. The Bertz CT molecular complexity index is 733. The number of nitrogens with one attached hydrogen (secondary N) is 2. The van der Waals surface area contributed by atoms with Crippen LogP contribution in [-0.4, -0.2) is 57.2 Å². The maximum Gasteiger partial charge on any atom is 0.500 e. The highest BCUT2D eigenvalue weighted by Gasteiger charge is 2.39. The highest BCUT2D eigenvalue weighted by atomic mass is 32.2. The Labute approximate surface area is 177 Å². The van der Waals surface area contributed by atoms with Crippen molar-refractivity contribution in [3.63, 3.8) is 0 Å². The number of sulfonamides is 1. The van der Waals surface area contributed by atoms with Crippen molar-refractivity contribution in [2.45, 2.75) is 63.9 Å². The Balaban J connectivity index is 2.52. The van der Waals surface area contributed by atoms with Gasteiger partial charge in [0.1, 0.15) is 0 Å². The van der Waals surface area contributed by atoms with E-state index in [1.54, 1.807) is 21.3 Å². The van der Waals surface area contributed by atoms with Gasteiger partial charge in [0, 0.05) is 39.5 Å². The first kappa shape index (κ1) is 26.2. The van der Waals surface area contributed by atoms with Crippen LogP contribution in [0.15, 0.2) is 17.0 Å². The second kappa shape index (κ2) is 11.0. The molecule has 0 atom stereocenters. The number of aryl methyl sites for hydroxylation is 3. The molecule has 9 heteroatoms. The van der Waals surface area contributed by atoms with Gasteiger partial charge < -0.3 is 18.6 Å². The summed E-state index contributed by atoms with van der Waals surface area (Å²) in [5, 5.41) is 3.48. The molecule has 1 aromatic rings. The van der Waals surface area contributed by atoms with Crippen molar-refractivity contribution in [2.75, 3.05) is 34.4 Å². The minimum Gasteiger partial charge on any atom is -0.377 e. The van der Waals surface area contributed by atoms with E-state index in [0.29, 0.717) is 30.4 Å². The highest BCUT2D eigenvalue weighted by Crippen LogP contribution is 2.22. The molecule has 0 unspecified atom stereocenters. The lowest BCUT2D eigenvalue weighted by molar-refractivity contribution is 0.120. The third-order valence-corrected chi connectivity index (χ3v) is 9.61. The number of rotatable bonds is 13. The Morgan fingerprint density at radius 2 is 1.48 bits per heavy atom. The average Bonchev–Trinajstić information content (AvgIpc) is 2.61. The van der Waals surface area contributed by atoms with Crippen molar-refractivity contribution in [3.8, 4) is 0 Å². The molecule has 168 valence electrons. The minimum absolute atomic E-state index is 0.142. The monoisotopic (exact) mass is 446 g/mol. The van der Waals surface area contributed by atoms with Crippen molar-refractivity contribution < 1.29 is 21.7 Å². The van der Waals surface area contributed by atoms with Crippen molar-refractivity contribution in [2.24, 2.45) is 0 Å². The van der Waals surface area contributed by atoms with Gasteiger partial charge in [0.15, 0.2) is 0 Å². The fraction of sp³-hybridized carbons (Fsp3) is 0.700. The third kappa shape index (κ3) is 7.75. The van der Waals surface area contributed by atoms with Crippen molar-refractivity contribution >= 4 is 18.8 Å². The molecule has 0 saturated carbocycles. The predicted molar refractivity (Wildman–Crippen MR) is 119 cm³/mol. The fourth-order valence-corrected chi connectivity index (χ4v) is 7.06. The summed E-state index contributed by atoms with van der Waals surface area (Å²) in [6, 6.07) is 4.50. The van der Waals surface area contributed by atoms with Crippen molar-refractivity contribution in [1.82, 2.24) is 10.0 Å². The molecule has 0 heterocycles. The molecular weight excluding hydrogens is 408 g/mol. The molecular formula is C20H38N2O5SSi. The van der Waals surface area contributed by atoms with Gasteiger partial charge in [-0.05, 0) is 65.1 Å². The normalized spacial score (nSPS) is 13.1. The first-order valence-electron chi connectivity index (χ1n) is 9.90. The largest absolute Gasteiger partial charge is 0.500 e. The Morgan fingerprint density at radius 1 is 0.966 bits per heavy atom. The van der Waals surface area contributed by atoms with Gasteiger partial charge in [-0.1, -0.05) is 17.7 Å². The van der Waals surface area contributed by atoms with Crippen LogP contribution in [0.3, 0.4) is 0 Å². The summed E-state index contributed by atoms with van der Waals surface area (Å²) in [7, 11) is -1.26. The van der Waals surface area contributed by atoms with Crippen LogP contribution in [0.5, 0.6) is 0 Å². The second-order valence-corrected chi connectivity index (χ2v) is 12.9. The van der Waals surface area contributed by atoms with Crippen LogP contribution in [0.25, 0.3) is 0 Å². The van der Waals surface area contributed by atoms with E-state index in [9.17, 15) is 8.42 Å². The molecule has 29 heavy (non-hydrogen) atoms. The molecule has 0 fully saturated rings. The van der Waals surface area contributed by atoms with E-state index >= 15 is 0 Å². The topological polar surface area (TPSA) is 85.9 Å². The van der Waals surface area contributed by atoms with Crippen LogP contribution in [-0.2, 0) is 23.3 Å². The molecule has 0 aliphatic rings. The standard InChI is InChI=1S/C20H38N2O5SSi/c1-16-14-17(2)19(18(3)15-16)28(23,24)22-12-9-11-21-20(4,5)10-13-29(25-6,26-7)27-8/h14-15,21-22H,9-13H2,1-8H3. The first-order valence-corrected chi connectivity index (χ1v) is 13.3. The van der Waals surface area contributed by atoms with Crippen LogP contribution >= 0.6 is 0 Å². The van der Waals surface area contributed by atoms with Gasteiger partial charge in [-0.15, -0.1) is 0 Å². The van der Waals surface area contributed by atoms with E-state index in [-0.39, 0.29) is 5.54 Å². The first-order chi connectivity index (χ1) is 13.4. The SMILES string of the molecule is CO[Si](CCC(C)(C)NCCCNS(=O)(=O)c1c(C)cc(C)cc1C)(OC)OC. The number of hydrogen-bond acceptors (Lipinski definition) is 6. The zero-order valence-electron chi connectivity index (χ0n) is 19.1. The Hall–Kier alpha value is -0.813. The smallest absolute Gasteiger partial charge is 0.377 e. The Morgan fingerprint density at radius 3 is 1.97 bits per heavy atom. The van der Waals surface area contributed by atoms with Gasteiger partial charge in [-0.2, -0.15) is 0 Å². The molecule has 0 spiro atoms. The van der Waals surface area contributed by atoms with E-state index in [1.165, 1.54) is 0 Å². The lowest BCUT2D eigenvalue weighted by atomic mass is 10.0. The molecule has 1 aromatic carbocycles. The zero-order chi connectivity index (χ0) is 22.3. The summed E-state index contributed by atoms with van der Waals surface area (Å²) < 4.78 is 44.5. The highest BCUT2D eigenvalue weighted by molar-refractivity contribution is 7.89. The number of hydrogen-bond donors (Lipinski definition) is 2. The summed E-state index contributed by atoms with van der Waals surface area (Å²) in [5.74, 6) is 0. The summed E-state index contributed by atoms with van der Waals surface area (Å²) in [4.78, 5) is 0.386. The molecule has 1 rings (SSSR count). The summed E-state index contributed by atoms with van der Waals surface area (Å²) in [6.45, 7) is 10.9. The van der Waals surface area contributed by atoms with Crippen LogP contribution in [0.2, 0.25) is 6.04 Å². The molecule has 0 aliphatic heterocycles. The lowest BCUT2D eigenvalue weighted by Gasteiger charge is -2.31. The zero-order valence-corrected chi connectivity index (χ0v) is 21.0. The number of benzene rings is 1. The quantitative estimate of drug-likeness (QED) is 0.358. The maximum atomic E-state index is 12.7. The van der Waals surface area contributed by atoms with Gasteiger partial charge in [-0.25, -0.2) is 13.1 Å². The maximum absolute atomic E-state index is 12.7. The van der Waals surface area contributed by atoms with E-state index in [2.05, 4.69) is 23.9 Å². The van der Waals surface area contributed by atoms with Gasteiger partial charge in [0.05, 0.1) is 4.90 Å². The van der Waals surface area contributed by atoms with Crippen LogP contribution in [0.4, 0.5) is 0 Å². The fourth-order valence-electron chi connectivity index (χ4n) is 3.49. The van der Waals surface area contributed by atoms with E-state index in [1.807, 2.05) is 32.9 Å². The molecule has 2 N–H and O–H groups in total. The molecule has 0 radical (unpaired) electrons. The van der Waals surface area contributed by atoms with Crippen LogP contribution in [0.1, 0.15) is 43.4 Å². The molecule has 0 saturated heterocycles. The van der Waals surface area contributed by atoms with Crippen molar-refractivity contribution in [3.05, 3.63) is 28.8 Å². The lowest BCUT2D eigenvalue weighted by Crippen LogP contribution is -2.47. The van der Waals surface area contributed by atoms with Crippen LogP contribution < -0.4 is 10.0 Å². The molecule has 0 aromatic heterocycles. The van der Waals surface area contributed by atoms with Gasteiger partial charge in [-0.3, -0.25) is 0 Å². The Kier molecular flexibility index (Phi) is 9.94. The van der Waals surface area contributed by atoms with Gasteiger partial charge >= 0.3 is 8.80 Å². The van der Waals surface area contributed by atoms with E-state index < -0.39 is 18.8 Å². The minimum atomic E-state index is -3.52. The van der Waals surface area contributed by atoms with Gasteiger partial charge in [0.25, 0.3) is 0 Å². The third-order valence-electron chi connectivity index (χ3n) is 5.11. The predicted octanol–water partition coefficient (Wildman–Crippen LogP) is 2.92. The molecule has 0 amide bonds.